The first-order chi connectivity index (χ1) is 9.74. The predicted molar refractivity (Wildman–Crippen MR) is 80.4 cm³/mol. The van der Waals surface area contributed by atoms with E-state index in [0.717, 1.165) is 19.0 Å². The van der Waals surface area contributed by atoms with Crippen LogP contribution in [-0.2, 0) is 0 Å². The van der Waals surface area contributed by atoms with E-state index in [4.69, 9.17) is 0 Å². The Bertz CT molecular complexity index is 392. The molecule has 0 unspecified atom stereocenters. The highest BCUT2D eigenvalue weighted by Crippen LogP contribution is 2.12. The van der Waals surface area contributed by atoms with Crippen molar-refractivity contribution in [2.45, 2.75) is 71.1 Å². The second-order valence-corrected chi connectivity index (χ2v) is 5.39. The molecule has 1 aromatic rings. The first kappa shape index (κ1) is 16.8. The lowest BCUT2D eigenvalue weighted by Crippen LogP contribution is -2.00. The first-order valence-electron chi connectivity index (χ1n) is 7.87. The van der Waals surface area contributed by atoms with Gasteiger partial charge in [0.2, 0.25) is 0 Å². The third kappa shape index (κ3) is 7.37. The number of carbonyl (C=O) groups is 1. The Morgan fingerprint density at radius 3 is 2.20 bits per heavy atom. The molecule has 0 N–H and O–H groups in total. The molecule has 1 heterocycles. The van der Waals surface area contributed by atoms with Crippen LogP contribution in [0.4, 0.5) is 4.39 Å². The van der Waals surface area contributed by atoms with E-state index in [0.29, 0.717) is 12.0 Å². The van der Waals surface area contributed by atoms with Gasteiger partial charge < -0.3 is 0 Å². The molecule has 0 aliphatic heterocycles. The van der Waals surface area contributed by atoms with Gasteiger partial charge in [0.15, 0.2) is 5.78 Å². The summed E-state index contributed by atoms with van der Waals surface area (Å²) in [5, 5.41) is 0. The fourth-order valence-electron chi connectivity index (χ4n) is 2.30. The molecule has 0 aliphatic rings. The Hall–Kier alpha value is -1.25. The Morgan fingerprint density at radius 1 is 1.00 bits per heavy atom. The zero-order valence-corrected chi connectivity index (χ0v) is 12.5. The molecule has 0 bridgehead atoms. The summed E-state index contributed by atoms with van der Waals surface area (Å²) in [6.45, 7) is 2.23. The lowest BCUT2D eigenvalue weighted by atomic mass is 10.0. The number of hydrogen-bond donors (Lipinski definition) is 0. The van der Waals surface area contributed by atoms with E-state index in [-0.39, 0.29) is 5.78 Å². The lowest BCUT2D eigenvalue weighted by molar-refractivity contribution is 0.0978. The van der Waals surface area contributed by atoms with Gasteiger partial charge in [-0.05, 0) is 12.5 Å². The van der Waals surface area contributed by atoms with Crippen molar-refractivity contribution in [3.63, 3.8) is 0 Å². The molecule has 0 aromatic carbocycles. The van der Waals surface area contributed by atoms with Gasteiger partial charge in [-0.25, -0.2) is 4.39 Å². The molecule has 0 saturated carbocycles. The molecule has 3 heteroatoms. The van der Waals surface area contributed by atoms with E-state index < -0.39 is 5.82 Å². The number of ketones is 1. The Kier molecular flexibility index (Phi) is 8.84. The predicted octanol–water partition coefficient (Wildman–Crippen LogP) is 5.32. The largest absolute Gasteiger partial charge is 0.294 e. The summed E-state index contributed by atoms with van der Waals surface area (Å²) in [5.74, 6) is -0.442. The minimum atomic E-state index is -0.442. The zero-order valence-electron chi connectivity index (χ0n) is 12.5. The van der Waals surface area contributed by atoms with Crippen LogP contribution in [0, 0.1) is 5.82 Å². The first-order valence-corrected chi connectivity index (χ1v) is 7.87. The average molecular weight is 279 g/mol. The van der Waals surface area contributed by atoms with Gasteiger partial charge in [0, 0.05) is 18.2 Å². The van der Waals surface area contributed by atoms with Crippen LogP contribution in [0.3, 0.4) is 0 Å². The van der Waals surface area contributed by atoms with Crippen LogP contribution in [0.2, 0.25) is 0 Å². The quantitative estimate of drug-likeness (QED) is 0.405. The minimum Gasteiger partial charge on any atom is -0.294 e. The maximum atomic E-state index is 12.9. The van der Waals surface area contributed by atoms with Crippen LogP contribution >= 0.6 is 0 Å². The molecule has 0 fully saturated rings. The molecule has 112 valence electrons. The molecule has 1 aromatic heterocycles. The van der Waals surface area contributed by atoms with Crippen molar-refractivity contribution in [1.29, 1.82) is 0 Å². The normalized spacial score (nSPS) is 10.7. The minimum absolute atomic E-state index is 0.0000502. The highest BCUT2D eigenvalue weighted by Gasteiger charge is 2.06. The number of halogens is 1. The topological polar surface area (TPSA) is 30.0 Å². The van der Waals surface area contributed by atoms with Crippen molar-refractivity contribution in [3.8, 4) is 0 Å². The number of unbranched alkanes of at least 4 members (excludes halogenated alkanes) is 8. The van der Waals surface area contributed by atoms with E-state index in [1.165, 1.54) is 57.2 Å². The smallest absolute Gasteiger partial charge is 0.164 e. The fraction of sp³-hybridized carbons (Fsp3) is 0.647. The fourth-order valence-corrected chi connectivity index (χ4v) is 2.30. The van der Waals surface area contributed by atoms with Crippen molar-refractivity contribution in [2.75, 3.05) is 0 Å². The molecule has 1 rings (SSSR count). The molecular formula is C17H26FNO. The van der Waals surface area contributed by atoms with Crippen molar-refractivity contribution in [2.24, 2.45) is 0 Å². The summed E-state index contributed by atoms with van der Waals surface area (Å²) in [7, 11) is 0. The Balaban J connectivity index is 2.02. The van der Waals surface area contributed by atoms with Gasteiger partial charge in [-0.2, -0.15) is 0 Å². The van der Waals surface area contributed by atoms with E-state index in [2.05, 4.69) is 11.9 Å². The van der Waals surface area contributed by atoms with Gasteiger partial charge in [-0.3, -0.25) is 9.78 Å². The van der Waals surface area contributed by atoms with Crippen LogP contribution in [0.1, 0.15) is 81.5 Å². The number of rotatable bonds is 11. The Labute approximate surface area is 121 Å². The van der Waals surface area contributed by atoms with E-state index in [1.807, 2.05) is 0 Å². The third-order valence-corrected chi connectivity index (χ3v) is 3.53. The number of Topliss-reactive ketones (excluding diaryl/α,β-unsaturated/α-hetero) is 1. The van der Waals surface area contributed by atoms with Gasteiger partial charge in [-0.15, -0.1) is 0 Å². The summed E-state index contributed by atoms with van der Waals surface area (Å²) in [6, 6.07) is 1.27. The molecule has 0 amide bonds. The second kappa shape index (κ2) is 10.5. The number of nitrogens with zero attached hydrogens (tertiary/aromatic N) is 1. The third-order valence-electron chi connectivity index (χ3n) is 3.53. The molecule has 0 saturated heterocycles. The maximum Gasteiger partial charge on any atom is 0.164 e. The van der Waals surface area contributed by atoms with Gasteiger partial charge in [0.1, 0.15) is 5.82 Å². The van der Waals surface area contributed by atoms with E-state index in [9.17, 15) is 9.18 Å². The molecule has 20 heavy (non-hydrogen) atoms. The van der Waals surface area contributed by atoms with E-state index >= 15 is 0 Å². The lowest BCUT2D eigenvalue weighted by Gasteiger charge is -2.02. The molecule has 0 aliphatic carbocycles. The number of carbonyl (C=O) groups excluding carboxylic acids is 1. The van der Waals surface area contributed by atoms with Crippen molar-refractivity contribution in [1.82, 2.24) is 4.98 Å². The second-order valence-electron chi connectivity index (χ2n) is 5.39. The summed E-state index contributed by atoms with van der Waals surface area (Å²) in [6.07, 6.45) is 14.1. The molecule has 0 spiro atoms. The number of aromatic nitrogens is 1. The zero-order chi connectivity index (χ0) is 14.6. The van der Waals surface area contributed by atoms with Crippen molar-refractivity contribution in [3.05, 3.63) is 29.8 Å². The van der Waals surface area contributed by atoms with E-state index in [1.54, 1.807) is 0 Å². The molecule has 0 radical (unpaired) electrons. The highest BCUT2D eigenvalue weighted by molar-refractivity contribution is 5.95. The highest BCUT2D eigenvalue weighted by atomic mass is 19.1. The maximum absolute atomic E-state index is 12.9. The standard InChI is InChI=1S/C17H26FNO/c1-2-3-4-5-6-7-8-9-10-11-17(20)15-12-16(18)14-19-13-15/h12-14H,2-11H2,1H3. The van der Waals surface area contributed by atoms with Crippen LogP contribution in [-0.4, -0.2) is 10.8 Å². The van der Waals surface area contributed by atoms with Gasteiger partial charge in [-0.1, -0.05) is 58.3 Å². The van der Waals surface area contributed by atoms with Gasteiger partial charge in [0.25, 0.3) is 0 Å². The van der Waals surface area contributed by atoms with Gasteiger partial charge >= 0.3 is 0 Å². The van der Waals surface area contributed by atoms with Crippen LogP contribution in [0.25, 0.3) is 0 Å². The SMILES string of the molecule is CCCCCCCCCCCC(=O)c1cncc(F)c1. The average Bonchev–Trinajstić information content (AvgIpc) is 2.45. The van der Waals surface area contributed by atoms with Crippen molar-refractivity contribution >= 4 is 5.78 Å². The van der Waals surface area contributed by atoms with Crippen LogP contribution < -0.4 is 0 Å². The van der Waals surface area contributed by atoms with Crippen molar-refractivity contribution < 1.29 is 9.18 Å². The molecular weight excluding hydrogens is 253 g/mol. The Morgan fingerprint density at radius 2 is 1.60 bits per heavy atom. The monoisotopic (exact) mass is 279 g/mol. The van der Waals surface area contributed by atoms with Crippen LogP contribution in [0.15, 0.2) is 18.5 Å². The van der Waals surface area contributed by atoms with Crippen LogP contribution in [0.5, 0.6) is 0 Å². The van der Waals surface area contributed by atoms with Gasteiger partial charge in [0.05, 0.1) is 6.20 Å². The molecule has 2 nitrogen and oxygen atoms in total. The summed E-state index contributed by atoms with van der Waals surface area (Å²) >= 11 is 0. The summed E-state index contributed by atoms with van der Waals surface area (Å²) in [4.78, 5) is 15.5. The summed E-state index contributed by atoms with van der Waals surface area (Å²) in [5.41, 5.74) is 0.393. The number of pyridine rings is 1. The summed E-state index contributed by atoms with van der Waals surface area (Å²) < 4.78 is 12.9. The number of hydrogen-bond acceptors (Lipinski definition) is 2. The molecule has 0 atom stereocenters.